The van der Waals surface area contributed by atoms with Gasteiger partial charge < -0.3 is 19.9 Å². The summed E-state index contributed by atoms with van der Waals surface area (Å²) in [6.45, 7) is 12.3. The summed E-state index contributed by atoms with van der Waals surface area (Å²) in [6, 6.07) is 0.671. The zero-order chi connectivity index (χ0) is 13.7. The first-order chi connectivity index (χ1) is 9.19. The molecular formula is C15H31N3O. The summed E-state index contributed by atoms with van der Waals surface area (Å²) in [4.78, 5) is 4.98. The van der Waals surface area contributed by atoms with Crippen molar-refractivity contribution in [1.29, 1.82) is 0 Å². The number of morpholine rings is 1. The Morgan fingerprint density at radius 2 is 2.00 bits per heavy atom. The molecule has 0 amide bonds. The van der Waals surface area contributed by atoms with Crippen LogP contribution in [0.2, 0.25) is 0 Å². The van der Waals surface area contributed by atoms with E-state index in [0.717, 1.165) is 38.7 Å². The molecule has 1 N–H and O–H groups in total. The van der Waals surface area contributed by atoms with Crippen molar-refractivity contribution in [2.45, 2.75) is 38.8 Å². The van der Waals surface area contributed by atoms with Gasteiger partial charge in [0.25, 0.3) is 0 Å². The zero-order valence-electron chi connectivity index (χ0n) is 12.9. The highest BCUT2D eigenvalue weighted by Gasteiger charge is 2.26. The van der Waals surface area contributed by atoms with Crippen LogP contribution in [-0.4, -0.2) is 74.9 Å². The van der Waals surface area contributed by atoms with Crippen LogP contribution in [0.3, 0.4) is 0 Å². The lowest BCUT2D eigenvalue weighted by molar-refractivity contribution is -0.0398. The fourth-order valence-electron chi connectivity index (χ4n) is 3.39. The van der Waals surface area contributed by atoms with Crippen LogP contribution in [0.15, 0.2) is 0 Å². The first-order valence-corrected chi connectivity index (χ1v) is 7.95. The second kappa shape index (κ2) is 7.58. The molecular weight excluding hydrogens is 238 g/mol. The zero-order valence-corrected chi connectivity index (χ0v) is 12.9. The number of hydrogen-bond donors (Lipinski definition) is 1. The standard InChI is InChI=1S/C15H31N3O/c1-4-16-13(2)14-5-7-18(8-6-14)12-15-11-17(3)9-10-19-15/h13-16H,4-12H2,1-3H3. The number of nitrogens with one attached hydrogen (secondary N) is 1. The number of rotatable bonds is 5. The molecule has 0 spiro atoms. The maximum Gasteiger partial charge on any atom is 0.0829 e. The highest BCUT2D eigenvalue weighted by atomic mass is 16.5. The van der Waals surface area contributed by atoms with Gasteiger partial charge in [-0.15, -0.1) is 0 Å². The number of likely N-dealkylation sites (N-methyl/N-ethyl adjacent to an activating group) is 1. The Morgan fingerprint density at radius 3 is 2.63 bits per heavy atom. The minimum atomic E-state index is 0.418. The van der Waals surface area contributed by atoms with E-state index in [1.54, 1.807) is 0 Å². The molecule has 2 aliphatic rings. The van der Waals surface area contributed by atoms with Crippen LogP contribution < -0.4 is 5.32 Å². The van der Waals surface area contributed by atoms with Crippen molar-refractivity contribution in [3.8, 4) is 0 Å². The van der Waals surface area contributed by atoms with Gasteiger partial charge in [0, 0.05) is 25.7 Å². The number of nitrogens with zero attached hydrogens (tertiary/aromatic N) is 2. The maximum absolute atomic E-state index is 5.87. The SMILES string of the molecule is CCNC(C)C1CCN(CC2CN(C)CCO2)CC1. The monoisotopic (exact) mass is 269 g/mol. The Hall–Kier alpha value is -0.160. The van der Waals surface area contributed by atoms with Gasteiger partial charge in [0.15, 0.2) is 0 Å². The Kier molecular flexibility index (Phi) is 6.07. The van der Waals surface area contributed by atoms with Crippen molar-refractivity contribution in [3.63, 3.8) is 0 Å². The Balaban J connectivity index is 1.68. The molecule has 2 unspecified atom stereocenters. The third-order valence-corrected chi connectivity index (χ3v) is 4.67. The molecule has 0 radical (unpaired) electrons. The Labute approximate surface area is 118 Å². The van der Waals surface area contributed by atoms with Crippen LogP contribution in [0.1, 0.15) is 26.7 Å². The normalized spacial score (nSPS) is 29.5. The molecule has 0 aromatic rings. The average molecular weight is 269 g/mol. The second-order valence-electron chi connectivity index (χ2n) is 6.24. The summed E-state index contributed by atoms with van der Waals surface area (Å²) >= 11 is 0. The van der Waals surface area contributed by atoms with E-state index in [1.165, 1.54) is 25.9 Å². The number of piperidine rings is 1. The molecule has 2 fully saturated rings. The van der Waals surface area contributed by atoms with Gasteiger partial charge in [0.2, 0.25) is 0 Å². The summed E-state index contributed by atoms with van der Waals surface area (Å²) in [5, 5.41) is 3.57. The third kappa shape index (κ3) is 4.71. The molecule has 0 aromatic heterocycles. The molecule has 0 bridgehead atoms. The molecule has 4 nitrogen and oxygen atoms in total. The van der Waals surface area contributed by atoms with Gasteiger partial charge in [-0.25, -0.2) is 0 Å². The van der Waals surface area contributed by atoms with Gasteiger partial charge in [-0.2, -0.15) is 0 Å². The van der Waals surface area contributed by atoms with E-state index in [-0.39, 0.29) is 0 Å². The van der Waals surface area contributed by atoms with Crippen molar-refractivity contribution in [2.75, 3.05) is 52.9 Å². The van der Waals surface area contributed by atoms with Crippen molar-refractivity contribution < 1.29 is 4.74 Å². The summed E-state index contributed by atoms with van der Waals surface area (Å²) in [5.74, 6) is 0.853. The van der Waals surface area contributed by atoms with E-state index in [9.17, 15) is 0 Å². The van der Waals surface area contributed by atoms with Gasteiger partial charge in [-0.05, 0) is 52.4 Å². The van der Waals surface area contributed by atoms with E-state index in [4.69, 9.17) is 4.74 Å². The van der Waals surface area contributed by atoms with Crippen LogP contribution in [0.5, 0.6) is 0 Å². The Bertz CT molecular complexity index is 254. The van der Waals surface area contributed by atoms with Crippen molar-refractivity contribution in [1.82, 2.24) is 15.1 Å². The fourth-order valence-corrected chi connectivity index (χ4v) is 3.39. The lowest BCUT2D eigenvalue weighted by atomic mass is 9.90. The smallest absolute Gasteiger partial charge is 0.0829 e. The number of hydrogen-bond acceptors (Lipinski definition) is 4. The summed E-state index contributed by atoms with van der Waals surface area (Å²) in [7, 11) is 2.19. The van der Waals surface area contributed by atoms with Crippen LogP contribution in [0, 0.1) is 5.92 Å². The molecule has 2 rings (SSSR count). The van der Waals surface area contributed by atoms with Crippen LogP contribution in [-0.2, 0) is 4.74 Å². The molecule has 2 saturated heterocycles. The number of likely N-dealkylation sites (tertiary alicyclic amines) is 1. The highest BCUT2D eigenvalue weighted by Crippen LogP contribution is 2.21. The molecule has 2 heterocycles. The average Bonchev–Trinajstić information content (AvgIpc) is 2.40. The lowest BCUT2D eigenvalue weighted by Gasteiger charge is -2.38. The maximum atomic E-state index is 5.87. The first-order valence-electron chi connectivity index (χ1n) is 7.95. The molecule has 2 aliphatic heterocycles. The first kappa shape index (κ1) is 15.2. The van der Waals surface area contributed by atoms with E-state index in [2.05, 4.69) is 36.0 Å². The molecule has 2 atom stereocenters. The molecule has 0 aliphatic carbocycles. The quantitative estimate of drug-likeness (QED) is 0.807. The van der Waals surface area contributed by atoms with Gasteiger partial charge in [-0.3, -0.25) is 0 Å². The van der Waals surface area contributed by atoms with E-state index in [0.29, 0.717) is 12.1 Å². The largest absolute Gasteiger partial charge is 0.374 e. The molecule has 0 saturated carbocycles. The minimum Gasteiger partial charge on any atom is -0.374 e. The third-order valence-electron chi connectivity index (χ3n) is 4.67. The molecule has 4 heteroatoms. The number of ether oxygens (including phenoxy) is 1. The summed E-state index contributed by atoms with van der Waals surface area (Å²) in [5.41, 5.74) is 0. The van der Waals surface area contributed by atoms with E-state index in [1.807, 2.05) is 0 Å². The summed E-state index contributed by atoms with van der Waals surface area (Å²) < 4.78 is 5.87. The van der Waals surface area contributed by atoms with E-state index < -0.39 is 0 Å². The molecule has 0 aromatic carbocycles. The minimum absolute atomic E-state index is 0.418. The van der Waals surface area contributed by atoms with Crippen molar-refractivity contribution in [3.05, 3.63) is 0 Å². The van der Waals surface area contributed by atoms with Crippen molar-refractivity contribution in [2.24, 2.45) is 5.92 Å². The topological polar surface area (TPSA) is 27.7 Å². The molecule has 19 heavy (non-hydrogen) atoms. The fraction of sp³-hybridized carbons (Fsp3) is 1.00. The van der Waals surface area contributed by atoms with Gasteiger partial charge >= 0.3 is 0 Å². The molecule has 112 valence electrons. The van der Waals surface area contributed by atoms with Gasteiger partial charge in [-0.1, -0.05) is 6.92 Å². The highest BCUT2D eigenvalue weighted by molar-refractivity contribution is 4.81. The lowest BCUT2D eigenvalue weighted by Crippen LogP contribution is -2.49. The van der Waals surface area contributed by atoms with Crippen LogP contribution in [0.4, 0.5) is 0 Å². The van der Waals surface area contributed by atoms with E-state index >= 15 is 0 Å². The van der Waals surface area contributed by atoms with Gasteiger partial charge in [0.1, 0.15) is 0 Å². The van der Waals surface area contributed by atoms with Crippen LogP contribution >= 0.6 is 0 Å². The van der Waals surface area contributed by atoms with Crippen molar-refractivity contribution >= 4 is 0 Å². The van der Waals surface area contributed by atoms with Crippen LogP contribution in [0.25, 0.3) is 0 Å². The predicted molar refractivity (Wildman–Crippen MR) is 79.5 cm³/mol. The Morgan fingerprint density at radius 1 is 1.26 bits per heavy atom. The summed E-state index contributed by atoms with van der Waals surface area (Å²) in [6.07, 6.45) is 3.08. The predicted octanol–water partition coefficient (Wildman–Crippen LogP) is 1.03. The second-order valence-corrected chi connectivity index (χ2v) is 6.24. The van der Waals surface area contributed by atoms with Gasteiger partial charge in [0.05, 0.1) is 12.7 Å².